The van der Waals surface area contributed by atoms with Crippen molar-refractivity contribution in [2.45, 2.75) is 149 Å². The number of nitrogens with zero attached hydrogens (tertiary/aromatic N) is 1. The molecule has 1 amide bonds. The Morgan fingerprint density at radius 3 is 2.07 bits per heavy atom. The van der Waals surface area contributed by atoms with Crippen LogP contribution in [0.3, 0.4) is 0 Å². The number of hydrogen-bond donors (Lipinski definition) is 12. The van der Waals surface area contributed by atoms with Crippen molar-refractivity contribution in [3.63, 3.8) is 0 Å². The number of hydrogen-bond acceptors (Lipinski definition) is 19. The van der Waals surface area contributed by atoms with E-state index in [1.54, 1.807) is 27.3 Å². The van der Waals surface area contributed by atoms with E-state index in [0.29, 0.717) is 5.92 Å². The largest absolute Gasteiger partial charge is 0.412 e. The van der Waals surface area contributed by atoms with Crippen LogP contribution in [0.5, 0.6) is 0 Å². The highest BCUT2D eigenvalue weighted by Crippen LogP contribution is 2.40. The SMILES string of the molecule is CCC[C@@H]1C[C@@H](C(=O)N[C@@H]([C@H]2O[C@H](SC)[C@H](O)[C@@H](O)[C@H]2O)[C@@H](C)O)N(C)C1.CN[C@@H]1[C@H](O)[C@H](NC)[C@H]2O[C@@]3(O)C(=O)C[C@@H](C)O[C@H]3O[C@@H]2[C@H]1O.Cl.O.O=S(=O)(O)O. The average molecular weight is 891 g/mol. The summed E-state index contributed by atoms with van der Waals surface area (Å²) in [6, 6.07) is -2.49. The lowest BCUT2D eigenvalue weighted by Gasteiger charge is -2.55. The summed E-state index contributed by atoms with van der Waals surface area (Å²) in [6.07, 6.45) is -7.08. The molecule has 0 radical (unpaired) electrons. The molecule has 4 aliphatic heterocycles. The van der Waals surface area contributed by atoms with Gasteiger partial charge >= 0.3 is 10.4 Å². The van der Waals surface area contributed by atoms with Crippen LogP contribution in [-0.4, -0.2) is 212 Å². The summed E-state index contributed by atoms with van der Waals surface area (Å²) in [5.74, 6) is -2.52. The van der Waals surface area contributed by atoms with Crippen molar-refractivity contribution in [1.29, 1.82) is 0 Å². The number of amides is 1. The molecule has 5 rings (SSSR count). The molecular formula is C32H63ClN4O18S2. The van der Waals surface area contributed by atoms with Gasteiger partial charge in [-0.2, -0.15) is 8.42 Å². The van der Waals surface area contributed by atoms with Gasteiger partial charge in [-0.3, -0.25) is 23.6 Å². The molecule has 0 spiro atoms. The molecule has 25 heteroatoms. The Kier molecular flexibility index (Phi) is 21.6. The van der Waals surface area contributed by atoms with E-state index in [2.05, 4.69) is 22.9 Å². The first kappa shape index (κ1) is 54.1. The van der Waals surface area contributed by atoms with Gasteiger partial charge in [0.15, 0.2) is 5.78 Å². The molecule has 4 saturated heterocycles. The number of rotatable bonds is 9. The third kappa shape index (κ3) is 13.0. The lowest BCUT2D eigenvalue weighted by molar-refractivity contribution is -0.420. The smallest absolute Gasteiger partial charge is 0.394 e. The standard InChI is InChI=1S/C18H34N2O6S.C14H24N2O7.ClH.H2O4S.H2O/c1-5-6-10-7-11(20(3)8-10)17(25)19-12(9(2)21)16-14(23)13(22)15(24)18(26-16)27-4;1-5-4-6(17)14(20)13(21-5)22-12-10(19)7(15-2)9(18)8(16-3)11(12)23-14;;1-5(2,3)4;/h9-16,18,21-24H,5-8H2,1-4H3,(H,19,25);5,7-13,15-16,18-20H,4H2,1-3H3;1H;(H2,1,2,3,4);1H2/t9-,10-,11+,12-,13+,14-,15-,16-,18-;5-,7-,8+,9+,10+,11-,12-,13+,14+;;;/m11.../s1. The van der Waals surface area contributed by atoms with Crippen LogP contribution < -0.4 is 16.0 Å². The molecule has 0 bridgehead atoms. The highest BCUT2D eigenvalue weighted by molar-refractivity contribution is 7.99. The number of fused-ring (bicyclic) bond motifs is 2. The van der Waals surface area contributed by atoms with Gasteiger partial charge < -0.3 is 76.1 Å². The molecule has 5 fully saturated rings. The maximum absolute atomic E-state index is 12.8. The second-order valence-corrected chi connectivity index (χ2v) is 16.5. The Morgan fingerprint density at radius 2 is 1.56 bits per heavy atom. The highest BCUT2D eigenvalue weighted by atomic mass is 35.5. The van der Waals surface area contributed by atoms with Crippen molar-refractivity contribution in [2.75, 3.05) is 33.9 Å². The van der Waals surface area contributed by atoms with E-state index in [4.69, 9.17) is 36.5 Å². The molecule has 22 nitrogen and oxygen atoms in total. The van der Waals surface area contributed by atoms with Crippen molar-refractivity contribution in [3.8, 4) is 0 Å². The molecule has 5 aliphatic rings. The van der Waals surface area contributed by atoms with Crippen molar-refractivity contribution >= 4 is 46.3 Å². The van der Waals surface area contributed by atoms with Crippen molar-refractivity contribution in [3.05, 3.63) is 0 Å². The third-order valence-electron chi connectivity index (χ3n) is 10.6. The zero-order valence-electron chi connectivity index (χ0n) is 32.8. The van der Waals surface area contributed by atoms with Crippen LogP contribution in [0.1, 0.15) is 46.5 Å². The van der Waals surface area contributed by atoms with Gasteiger partial charge in [0.2, 0.25) is 12.2 Å². The Balaban J connectivity index is 0.000000497. The zero-order chi connectivity index (χ0) is 41.7. The summed E-state index contributed by atoms with van der Waals surface area (Å²) in [6.45, 7) is 6.18. The zero-order valence-corrected chi connectivity index (χ0v) is 35.3. The minimum atomic E-state index is -4.67. The van der Waals surface area contributed by atoms with Crippen LogP contribution in [0.15, 0.2) is 0 Å². The van der Waals surface area contributed by atoms with Crippen LogP contribution in [0.4, 0.5) is 0 Å². The van der Waals surface area contributed by atoms with E-state index in [1.165, 1.54) is 18.7 Å². The second-order valence-electron chi connectivity index (χ2n) is 14.6. The summed E-state index contributed by atoms with van der Waals surface area (Å²) >= 11 is 1.20. The number of Topliss-reactive ketones (excluding diaryl/α,β-unsaturated/α-hetero) is 1. The third-order valence-corrected chi connectivity index (χ3v) is 11.4. The fraction of sp³-hybridized carbons (Fsp3) is 0.938. The number of likely N-dealkylation sites (N-methyl/N-ethyl adjacent to an activating group) is 3. The van der Waals surface area contributed by atoms with Gasteiger partial charge in [-0.05, 0) is 60.0 Å². The molecule has 18 atom stereocenters. The van der Waals surface area contributed by atoms with E-state index in [-0.39, 0.29) is 36.3 Å². The number of ketones is 1. The molecule has 0 unspecified atom stereocenters. The first-order valence-electron chi connectivity index (χ1n) is 18.1. The number of carbonyl (C=O) groups is 2. The Bertz CT molecular complexity index is 1370. The maximum atomic E-state index is 12.8. The highest BCUT2D eigenvalue weighted by Gasteiger charge is 2.63. The van der Waals surface area contributed by atoms with Gasteiger partial charge in [0.1, 0.15) is 48.2 Å². The number of likely N-dealkylation sites (tertiary alicyclic amines) is 1. The first-order valence-corrected chi connectivity index (χ1v) is 20.8. The van der Waals surface area contributed by atoms with Crippen molar-refractivity contribution < 1.29 is 87.3 Å². The number of thioether (sulfide) groups is 1. The minimum Gasteiger partial charge on any atom is -0.412 e. The molecule has 1 aliphatic carbocycles. The minimum absolute atomic E-state index is 0. The molecule has 1 saturated carbocycles. The first-order chi connectivity index (χ1) is 25.5. The van der Waals surface area contributed by atoms with E-state index < -0.39 is 113 Å². The topological polar surface area (TPSA) is 358 Å². The van der Waals surface area contributed by atoms with E-state index in [0.717, 1.165) is 25.8 Å². The Hall–Kier alpha value is -0.950. The predicted octanol–water partition coefficient (Wildman–Crippen LogP) is -4.84. The lowest BCUT2D eigenvalue weighted by atomic mass is 9.80. The van der Waals surface area contributed by atoms with Gasteiger partial charge in [0.25, 0.3) is 5.79 Å². The summed E-state index contributed by atoms with van der Waals surface area (Å²) < 4.78 is 54.1. The summed E-state index contributed by atoms with van der Waals surface area (Å²) in [5.41, 5.74) is -0.755. The van der Waals surface area contributed by atoms with Gasteiger partial charge in [-0.25, -0.2) is 0 Å². The fourth-order valence-electron chi connectivity index (χ4n) is 7.82. The van der Waals surface area contributed by atoms with E-state index >= 15 is 0 Å². The Morgan fingerprint density at radius 1 is 0.982 bits per heavy atom. The number of halogens is 1. The molecule has 14 N–H and O–H groups in total. The number of ether oxygens (including phenoxy) is 4. The van der Waals surface area contributed by atoms with Crippen LogP contribution in [0, 0.1) is 5.92 Å². The van der Waals surface area contributed by atoms with Crippen LogP contribution >= 0.6 is 24.2 Å². The van der Waals surface area contributed by atoms with Crippen LogP contribution in [0.25, 0.3) is 0 Å². The molecule has 57 heavy (non-hydrogen) atoms. The lowest BCUT2D eigenvalue weighted by Crippen LogP contribution is -2.77. The Labute approximate surface area is 342 Å². The molecular weight excluding hydrogens is 828 g/mol. The quantitative estimate of drug-likeness (QED) is 0.0966. The van der Waals surface area contributed by atoms with Gasteiger partial charge in [0.05, 0.1) is 42.5 Å². The van der Waals surface area contributed by atoms with E-state index in [1.807, 2.05) is 11.9 Å². The van der Waals surface area contributed by atoms with Crippen molar-refractivity contribution in [2.24, 2.45) is 5.92 Å². The summed E-state index contributed by atoms with van der Waals surface area (Å²) in [7, 11) is 0.482. The summed E-state index contributed by atoms with van der Waals surface area (Å²) in [4.78, 5) is 27.1. The van der Waals surface area contributed by atoms with E-state index in [9.17, 15) is 45.3 Å². The molecule has 338 valence electrons. The second kappa shape index (κ2) is 22.8. The molecule has 0 aromatic heterocycles. The van der Waals surface area contributed by atoms with Gasteiger partial charge in [0, 0.05) is 13.0 Å². The molecule has 0 aromatic rings. The fourth-order valence-corrected chi connectivity index (χ4v) is 8.50. The summed E-state index contributed by atoms with van der Waals surface area (Å²) in [5, 5.41) is 80.8. The van der Waals surface area contributed by atoms with Gasteiger partial charge in [-0.15, -0.1) is 24.2 Å². The number of carbonyl (C=O) groups excluding carboxylic acids is 2. The van der Waals surface area contributed by atoms with Crippen molar-refractivity contribution in [1.82, 2.24) is 20.9 Å². The number of nitrogens with one attached hydrogen (secondary N) is 3. The number of aliphatic hydroxyl groups excluding tert-OH is 6. The normalized spacial score (nSPS) is 41.5. The molecule has 0 aromatic carbocycles. The van der Waals surface area contributed by atoms with Gasteiger partial charge in [-0.1, -0.05) is 13.3 Å². The predicted molar refractivity (Wildman–Crippen MR) is 205 cm³/mol. The monoisotopic (exact) mass is 890 g/mol. The molecule has 4 heterocycles. The van der Waals surface area contributed by atoms with Crippen LogP contribution in [0.2, 0.25) is 0 Å². The average Bonchev–Trinajstić information content (AvgIpc) is 3.46. The number of aliphatic hydroxyl groups is 7. The maximum Gasteiger partial charge on any atom is 0.394 e. The van der Waals surface area contributed by atoms with Crippen LogP contribution in [-0.2, 0) is 38.9 Å².